The minimum atomic E-state index is 0.565. The van der Waals surface area contributed by atoms with Crippen molar-refractivity contribution in [2.45, 2.75) is 0 Å². The van der Waals surface area contributed by atoms with Crippen LogP contribution in [0, 0.1) is 0 Å². The first-order chi connectivity index (χ1) is 16.7. The van der Waals surface area contributed by atoms with Crippen molar-refractivity contribution in [2.75, 3.05) is 31.2 Å². The van der Waals surface area contributed by atoms with Crippen LogP contribution in [0.2, 0.25) is 10.0 Å². The molecule has 5 aromatic rings. The molecule has 7 nitrogen and oxygen atoms in total. The van der Waals surface area contributed by atoms with E-state index in [1.165, 1.54) is 5.69 Å². The van der Waals surface area contributed by atoms with Gasteiger partial charge in [0.15, 0.2) is 5.82 Å². The van der Waals surface area contributed by atoms with Crippen LogP contribution in [0.5, 0.6) is 0 Å². The third-order valence-corrected chi connectivity index (χ3v) is 6.54. The van der Waals surface area contributed by atoms with E-state index in [0.717, 1.165) is 48.9 Å². The molecule has 0 aliphatic carbocycles. The number of halogens is 2. The Labute approximate surface area is 206 Å². The molecule has 0 atom stereocenters. The maximum absolute atomic E-state index is 6.58. The molecule has 170 valence electrons. The van der Waals surface area contributed by atoms with Gasteiger partial charge in [0.2, 0.25) is 0 Å². The van der Waals surface area contributed by atoms with Gasteiger partial charge in [-0.15, -0.1) is 10.2 Å². The van der Waals surface area contributed by atoms with Crippen LogP contribution in [-0.2, 0) is 4.74 Å². The molecule has 0 unspecified atom stereocenters. The first kappa shape index (κ1) is 21.2. The minimum Gasteiger partial charge on any atom is -0.378 e. The zero-order chi connectivity index (χ0) is 23.1. The van der Waals surface area contributed by atoms with Gasteiger partial charge in [-0.25, -0.2) is 4.98 Å². The van der Waals surface area contributed by atoms with Crippen molar-refractivity contribution >= 4 is 34.5 Å². The van der Waals surface area contributed by atoms with E-state index in [1.54, 1.807) is 18.5 Å². The molecule has 9 heteroatoms. The topological polar surface area (TPSA) is 60.5 Å². The van der Waals surface area contributed by atoms with Gasteiger partial charge in [-0.1, -0.05) is 29.3 Å². The summed E-state index contributed by atoms with van der Waals surface area (Å²) < 4.78 is 9.43. The van der Waals surface area contributed by atoms with Gasteiger partial charge in [0.25, 0.3) is 0 Å². The number of hydrogen-bond donors (Lipinski definition) is 0. The molecule has 3 aromatic heterocycles. The number of benzene rings is 2. The van der Waals surface area contributed by atoms with E-state index >= 15 is 0 Å². The van der Waals surface area contributed by atoms with Crippen LogP contribution in [0.3, 0.4) is 0 Å². The SMILES string of the molecule is Clc1ccc(Cl)c(-c2nc3ccccn3c2-c2nncn2-c2ccc(N3CCOCC3)cc2)c1. The van der Waals surface area contributed by atoms with E-state index in [-0.39, 0.29) is 0 Å². The van der Waals surface area contributed by atoms with E-state index < -0.39 is 0 Å². The monoisotopic (exact) mass is 490 g/mol. The third kappa shape index (κ3) is 3.72. The Bertz CT molecular complexity index is 1470. The number of anilines is 1. The van der Waals surface area contributed by atoms with Crippen molar-refractivity contribution in [3.8, 4) is 28.5 Å². The van der Waals surface area contributed by atoms with Crippen molar-refractivity contribution in [3.63, 3.8) is 0 Å². The molecule has 0 saturated carbocycles. The summed E-state index contributed by atoms with van der Waals surface area (Å²) in [5.41, 5.74) is 5.12. The summed E-state index contributed by atoms with van der Waals surface area (Å²) in [7, 11) is 0. The summed E-state index contributed by atoms with van der Waals surface area (Å²) >= 11 is 12.9. The molecule has 0 bridgehead atoms. The van der Waals surface area contributed by atoms with Gasteiger partial charge >= 0.3 is 0 Å². The Balaban J connectivity index is 1.49. The third-order valence-electron chi connectivity index (χ3n) is 5.98. The largest absolute Gasteiger partial charge is 0.378 e. The Morgan fingerprint density at radius 1 is 0.882 bits per heavy atom. The van der Waals surface area contributed by atoms with E-state index in [9.17, 15) is 0 Å². The number of imidazole rings is 1. The van der Waals surface area contributed by atoms with Crippen LogP contribution in [0.1, 0.15) is 0 Å². The lowest BCUT2D eigenvalue weighted by atomic mass is 10.1. The van der Waals surface area contributed by atoms with Gasteiger partial charge in [0.05, 0.1) is 18.2 Å². The highest BCUT2D eigenvalue weighted by molar-refractivity contribution is 6.35. The summed E-state index contributed by atoms with van der Waals surface area (Å²) in [4.78, 5) is 7.19. The minimum absolute atomic E-state index is 0.565. The summed E-state index contributed by atoms with van der Waals surface area (Å²) in [5, 5.41) is 9.87. The van der Waals surface area contributed by atoms with E-state index in [0.29, 0.717) is 21.6 Å². The molecule has 1 aliphatic rings. The van der Waals surface area contributed by atoms with Crippen molar-refractivity contribution in [3.05, 3.63) is 83.2 Å². The Kier molecular flexibility index (Phi) is 5.45. The average Bonchev–Trinajstić information content (AvgIpc) is 3.50. The molecule has 1 aliphatic heterocycles. The number of pyridine rings is 1. The predicted molar refractivity (Wildman–Crippen MR) is 134 cm³/mol. The molecular formula is C25H20Cl2N6O. The second kappa shape index (κ2) is 8.76. The van der Waals surface area contributed by atoms with Crippen molar-refractivity contribution in [2.24, 2.45) is 0 Å². The van der Waals surface area contributed by atoms with E-state index in [1.807, 2.05) is 39.4 Å². The molecule has 34 heavy (non-hydrogen) atoms. The quantitative estimate of drug-likeness (QED) is 0.337. The van der Waals surface area contributed by atoms with Crippen LogP contribution < -0.4 is 4.90 Å². The van der Waals surface area contributed by atoms with E-state index in [4.69, 9.17) is 32.9 Å². The molecule has 0 amide bonds. The van der Waals surface area contributed by atoms with Crippen LogP contribution in [-0.4, -0.2) is 50.5 Å². The van der Waals surface area contributed by atoms with Crippen molar-refractivity contribution in [1.29, 1.82) is 0 Å². The fourth-order valence-electron chi connectivity index (χ4n) is 4.31. The summed E-state index contributed by atoms with van der Waals surface area (Å²) in [5.74, 6) is 0.656. The molecule has 2 aromatic carbocycles. The Hall–Kier alpha value is -3.39. The van der Waals surface area contributed by atoms with Gasteiger partial charge in [-0.2, -0.15) is 0 Å². The van der Waals surface area contributed by atoms with Crippen LogP contribution in [0.15, 0.2) is 73.2 Å². The summed E-state index contributed by atoms with van der Waals surface area (Å²) in [6, 6.07) is 19.6. The summed E-state index contributed by atoms with van der Waals surface area (Å²) in [6.45, 7) is 3.28. The highest BCUT2D eigenvalue weighted by atomic mass is 35.5. The lowest BCUT2D eigenvalue weighted by Crippen LogP contribution is -2.36. The number of ether oxygens (including phenoxy) is 1. The average molecular weight is 491 g/mol. The zero-order valence-electron chi connectivity index (χ0n) is 18.1. The molecule has 4 heterocycles. The summed E-state index contributed by atoms with van der Waals surface area (Å²) in [6.07, 6.45) is 3.67. The lowest BCUT2D eigenvalue weighted by Gasteiger charge is -2.28. The molecule has 0 spiro atoms. The molecular weight excluding hydrogens is 471 g/mol. The number of hydrogen-bond acceptors (Lipinski definition) is 5. The highest BCUT2D eigenvalue weighted by Crippen LogP contribution is 2.37. The predicted octanol–water partition coefficient (Wildman–Crippen LogP) is 5.39. The van der Waals surface area contributed by atoms with E-state index in [2.05, 4.69) is 39.4 Å². The number of rotatable bonds is 4. The maximum Gasteiger partial charge on any atom is 0.187 e. The molecule has 1 saturated heterocycles. The standard InChI is InChI=1S/C25H20Cl2N6O/c26-17-4-9-21(27)20(15-17)23-24(32-10-2-1-3-22(32)29-23)25-30-28-16-33(25)19-7-5-18(6-8-19)31-11-13-34-14-12-31/h1-10,15-16H,11-14H2. The highest BCUT2D eigenvalue weighted by Gasteiger charge is 2.23. The second-order valence-electron chi connectivity index (χ2n) is 8.00. The van der Waals surface area contributed by atoms with Gasteiger partial charge in [0, 0.05) is 41.2 Å². The first-order valence-corrected chi connectivity index (χ1v) is 11.7. The second-order valence-corrected chi connectivity index (χ2v) is 8.85. The Morgan fingerprint density at radius 2 is 1.68 bits per heavy atom. The number of nitrogens with zero attached hydrogens (tertiary/aromatic N) is 6. The van der Waals surface area contributed by atoms with Crippen LogP contribution in [0.25, 0.3) is 34.1 Å². The number of aromatic nitrogens is 5. The van der Waals surface area contributed by atoms with Crippen LogP contribution in [0.4, 0.5) is 5.69 Å². The molecule has 1 fully saturated rings. The Morgan fingerprint density at radius 3 is 2.50 bits per heavy atom. The number of morpholine rings is 1. The normalized spacial score (nSPS) is 14.1. The van der Waals surface area contributed by atoms with Gasteiger partial charge < -0.3 is 9.64 Å². The fraction of sp³-hybridized carbons (Fsp3) is 0.160. The van der Waals surface area contributed by atoms with Gasteiger partial charge in [-0.05, 0) is 54.6 Å². The number of fused-ring (bicyclic) bond motifs is 1. The lowest BCUT2D eigenvalue weighted by molar-refractivity contribution is 0.122. The van der Waals surface area contributed by atoms with Crippen LogP contribution >= 0.6 is 23.2 Å². The molecule has 0 N–H and O–H groups in total. The molecule has 6 rings (SSSR count). The van der Waals surface area contributed by atoms with Gasteiger partial charge in [0.1, 0.15) is 23.4 Å². The zero-order valence-corrected chi connectivity index (χ0v) is 19.6. The van der Waals surface area contributed by atoms with Gasteiger partial charge in [-0.3, -0.25) is 8.97 Å². The molecule has 0 radical (unpaired) electrons. The smallest absolute Gasteiger partial charge is 0.187 e. The maximum atomic E-state index is 6.58. The van der Waals surface area contributed by atoms with Crippen molar-refractivity contribution < 1.29 is 4.74 Å². The van der Waals surface area contributed by atoms with Crippen molar-refractivity contribution in [1.82, 2.24) is 24.1 Å². The first-order valence-electron chi connectivity index (χ1n) is 10.9. The fourth-order valence-corrected chi connectivity index (χ4v) is 4.69.